The number of nitrogens with zero attached hydrogens (tertiary/aromatic N) is 3. The Hall–Kier alpha value is -0.430. The molecule has 0 fully saturated rings. The maximum atomic E-state index is 5.70. The Morgan fingerprint density at radius 3 is 2.61 bits per heavy atom. The van der Waals surface area contributed by atoms with Crippen molar-refractivity contribution in [1.82, 2.24) is 20.1 Å². The maximum Gasteiger partial charge on any atom is 0.0709 e. The molecule has 0 aromatic carbocycles. The number of nitrogens with one attached hydrogen (secondary N) is 1. The van der Waals surface area contributed by atoms with Gasteiger partial charge in [0, 0.05) is 13.1 Å². The second kappa shape index (κ2) is 7.89. The van der Waals surface area contributed by atoms with E-state index in [0.29, 0.717) is 0 Å². The Kier molecular flexibility index (Phi) is 6.85. The largest absolute Gasteiger partial charge is 0.304 e. The third-order valence-corrected chi connectivity index (χ3v) is 3.90. The van der Waals surface area contributed by atoms with Crippen LogP contribution in [-0.2, 0) is 6.54 Å². The van der Waals surface area contributed by atoms with E-state index in [1.807, 2.05) is 10.9 Å². The van der Waals surface area contributed by atoms with E-state index < -0.39 is 0 Å². The van der Waals surface area contributed by atoms with Crippen LogP contribution >= 0.6 is 15.9 Å². The summed E-state index contributed by atoms with van der Waals surface area (Å²) >= 11 is 3.55. The van der Waals surface area contributed by atoms with Crippen molar-refractivity contribution in [3.05, 3.63) is 16.4 Å². The summed E-state index contributed by atoms with van der Waals surface area (Å²) < 4.78 is 3.00. The smallest absolute Gasteiger partial charge is 0.0709 e. The normalized spacial score (nSPS) is 13.2. The molecular weight excluding hydrogens is 294 g/mol. The first kappa shape index (κ1) is 15.6. The van der Waals surface area contributed by atoms with Gasteiger partial charge < -0.3 is 4.90 Å². The molecule has 0 aliphatic heterocycles. The number of rotatable bonds is 8. The minimum Gasteiger partial charge on any atom is -0.304 e. The van der Waals surface area contributed by atoms with Gasteiger partial charge in [-0.1, -0.05) is 13.8 Å². The lowest BCUT2D eigenvalue weighted by atomic mass is 10.1. The van der Waals surface area contributed by atoms with Gasteiger partial charge in [0.2, 0.25) is 0 Å². The summed E-state index contributed by atoms with van der Waals surface area (Å²) in [7, 11) is 0. The lowest BCUT2D eigenvalue weighted by Crippen LogP contribution is -2.34. The zero-order chi connectivity index (χ0) is 13.5. The van der Waals surface area contributed by atoms with Crippen molar-refractivity contribution in [3.8, 4) is 0 Å². The van der Waals surface area contributed by atoms with Crippen LogP contribution in [0, 0.1) is 0 Å². The number of halogens is 1. The van der Waals surface area contributed by atoms with E-state index in [1.165, 1.54) is 0 Å². The van der Waals surface area contributed by atoms with Gasteiger partial charge in [-0.05, 0) is 42.4 Å². The lowest BCUT2D eigenvalue weighted by Gasteiger charge is -2.23. The highest BCUT2D eigenvalue weighted by Crippen LogP contribution is 2.25. The van der Waals surface area contributed by atoms with Crippen molar-refractivity contribution < 1.29 is 0 Å². The predicted molar refractivity (Wildman–Crippen MR) is 78.1 cm³/mol. The molecule has 0 bridgehead atoms. The molecule has 18 heavy (non-hydrogen) atoms. The minimum absolute atomic E-state index is 0.127. The molecule has 0 aliphatic rings. The van der Waals surface area contributed by atoms with Gasteiger partial charge in [-0.15, -0.1) is 0 Å². The Bertz CT molecular complexity index is 348. The zero-order valence-corrected chi connectivity index (χ0v) is 13.1. The highest BCUT2D eigenvalue weighted by Gasteiger charge is 2.18. The summed E-state index contributed by atoms with van der Waals surface area (Å²) in [4.78, 5) is 2.39. The van der Waals surface area contributed by atoms with Gasteiger partial charge in [-0.2, -0.15) is 5.10 Å². The molecule has 0 aliphatic carbocycles. The summed E-state index contributed by atoms with van der Waals surface area (Å²) in [6, 6.07) is 0.127. The third-order valence-electron chi connectivity index (χ3n) is 3.29. The van der Waals surface area contributed by atoms with Crippen LogP contribution in [0.4, 0.5) is 0 Å². The average Bonchev–Trinajstić information content (AvgIpc) is 2.76. The van der Waals surface area contributed by atoms with E-state index >= 15 is 0 Å². The Morgan fingerprint density at radius 2 is 2.11 bits per heavy atom. The van der Waals surface area contributed by atoms with Crippen LogP contribution in [0.1, 0.15) is 38.9 Å². The SMILES string of the molecule is CCN(CC)CCC(NN)c1c(Br)cnn1CC. The molecule has 0 saturated carbocycles. The summed E-state index contributed by atoms with van der Waals surface area (Å²) in [5.41, 5.74) is 4.04. The average molecular weight is 318 g/mol. The number of nitrogens with two attached hydrogens (primary N) is 1. The van der Waals surface area contributed by atoms with Crippen molar-refractivity contribution in [1.29, 1.82) is 0 Å². The maximum absolute atomic E-state index is 5.70. The molecule has 3 N–H and O–H groups in total. The van der Waals surface area contributed by atoms with Crippen LogP contribution in [0.3, 0.4) is 0 Å². The lowest BCUT2D eigenvalue weighted by molar-refractivity contribution is 0.279. The fourth-order valence-electron chi connectivity index (χ4n) is 2.12. The molecule has 5 nitrogen and oxygen atoms in total. The Morgan fingerprint density at radius 1 is 1.44 bits per heavy atom. The van der Waals surface area contributed by atoms with E-state index in [4.69, 9.17) is 5.84 Å². The van der Waals surface area contributed by atoms with Gasteiger partial charge in [-0.25, -0.2) is 0 Å². The number of hydrazine groups is 1. The van der Waals surface area contributed by atoms with E-state index in [9.17, 15) is 0 Å². The molecule has 1 rings (SSSR count). The second-order valence-corrected chi connectivity index (χ2v) is 5.08. The number of aromatic nitrogens is 2. The molecule has 6 heteroatoms. The van der Waals surface area contributed by atoms with Crippen molar-refractivity contribution in [2.24, 2.45) is 5.84 Å². The standard InChI is InChI=1S/C12H24BrN5/c1-4-17(5-2)8-7-11(16-14)12-10(13)9-15-18(12)6-3/h9,11,16H,4-8,14H2,1-3H3. The van der Waals surface area contributed by atoms with E-state index in [0.717, 1.165) is 42.8 Å². The van der Waals surface area contributed by atoms with Crippen LogP contribution in [0.5, 0.6) is 0 Å². The predicted octanol–water partition coefficient (Wildman–Crippen LogP) is 1.90. The minimum atomic E-state index is 0.127. The summed E-state index contributed by atoms with van der Waals surface area (Å²) in [6.45, 7) is 10.5. The second-order valence-electron chi connectivity index (χ2n) is 4.23. The van der Waals surface area contributed by atoms with Crippen LogP contribution in [0.15, 0.2) is 10.7 Å². The van der Waals surface area contributed by atoms with Gasteiger partial charge in [0.25, 0.3) is 0 Å². The molecule has 0 spiro atoms. The van der Waals surface area contributed by atoms with Crippen LogP contribution in [-0.4, -0.2) is 34.3 Å². The van der Waals surface area contributed by atoms with Crippen molar-refractivity contribution >= 4 is 15.9 Å². The highest BCUT2D eigenvalue weighted by molar-refractivity contribution is 9.10. The fraction of sp³-hybridized carbons (Fsp3) is 0.750. The van der Waals surface area contributed by atoms with Crippen LogP contribution in [0.2, 0.25) is 0 Å². The van der Waals surface area contributed by atoms with Crippen molar-refractivity contribution in [2.45, 2.75) is 39.8 Å². The van der Waals surface area contributed by atoms with E-state index in [1.54, 1.807) is 0 Å². The molecular formula is C12H24BrN5. The third kappa shape index (κ3) is 3.78. The monoisotopic (exact) mass is 317 g/mol. The Labute approximate surface area is 118 Å². The van der Waals surface area contributed by atoms with Gasteiger partial charge in [0.1, 0.15) is 0 Å². The van der Waals surface area contributed by atoms with E-state index in [-0.39, 0.29) is 6.04 Å². The Balaban J connectivity index is 2.73. The summed E-state index contributed by atoms with van der Waals surface area (Å²) in [5.74, 6) is 5.70. The van der Waals surface area contributed by atoms with Gasteiger partial charge >= 0.3 is 0 Å². The summed E-state index contributed by atoms with van der Waals surface area (Å²) in [6.07, 6.45) is 2.81. The highest BCUT2D eigenvalue weighted by atomic mass is 79.9. The zero-order valence-electron chi connectivity index (χ0n) is 11.5. The molecule has 0 amide bonds. The quantitative estimate of drug-likeness (QED) is 0.568. The molecule has 1 aromatic heterocycles. The van der Waals surface area contributed by atoms with Crippen molar-refractivity contribution in [3.63, 3.8) is 0 Å². The molecule has 1 aromatic rings. The molecule has 1 atom stereocenters. The van der Waals surface area contributed by atoms with Crippen LogP contribution in [0.25, 0.3) is 0 Å². The number of hydrogen-bond acceptors (Lipinski definition) is 4. The van der Waals surface area contributed by atoms with Crippen molar-refractivity contribution in [2.75, 3.05) is 19.6 Å². The van der Waals surface area contributed by atoms with E-state index in [2.05, 4.69) is 52.1 Å². The number of aryl methyl sites for hydroxylation is 1. The molecule has 104 valence electrons. The first-order valence-corrected chi connectivity index (χ1v) is 7.36. The molecule has 1 heterocycles. The van der Waals surface area contributed by atoms with Gasteiger partial charge in [0.15, 0.2) is 0 Å². The van der Waals surface area contributed by atoms with Crippen LogP contribution < -0.4 is 11.3 Å². The summed E-state index contributed by atoms with van der Waals surface area (Å²) in [5, 5.41) is 4.33. The van der Waals surface area contributed by atoms with Gasteiger partial charge in [-0.3, -0.25) is 16.0 Å². The topological polar surface area (TPSA) is 59.1 Å². The molecule has 0 saturated heterocycles. The molecule has 0 radical (unpaired) electrons. The first-order chi connectivity index (χ1) is 8.67. The first-order valence-electron chi connectivity index (χ1n) is 6.57. The fourth-order valence-corrected chi connectivity index (χ4v) is 2.69. The molecule has 1 unspecified atom stereocenters. The number of hydrogen-bond donors (Lipinski definition) is 2. The van der Waals surface area contributed by atoms with Gasteiger partial charge in [0.05, 0.1) is 22.4 Å².